The van der Waals surface area contributed by atoms with E-state index < -0.39 is 0 Å². The number of likely N-dealkylation sites (tertiary alicyclic amines) is 1. The van der Waals surface area contributed by atoms with Gasteiger partial charge in [-0.2, -0.15) is 0 Å². The summed E-state index contributed by atoms with van der Waals surface area (Å²) in [7, 11) is 0. The quantitative estimate of drug-likeness (QED) is 0.871. The molecular weight excluding hydrogens is 337 g/mol. The summed E-state index contributed by atoms with van der Waals surface area (Å²) in [5.41, 5.74) is 0.823. The van der Waals surface area contributed by atoms with Crippen LogP contribution in [0.4, 0.5) is 4.79 Å². The van der Waals surface area contributed by atoms with E-state index in [2.05, 4.69) is 10.6 Å². The predicted molar refractivity (Wildman–Crippen MR) is 89.6 cm³/mol. The summed E-state index contributed by atoms with van der Waals surface area (Å²) in [6.45, 7) is 2.97. The molecule has 1 atom stereocenters. The van der Waals surface area contributed by atoms with E-state index in [1.165, 1.54) is 0 Å². The fourth-order valence-corrected chi connectivity index (χ4v) is 3.18. The Morgan fingerprint density at radius 3 is 2.57 bits per heavy atom. The van der Waals surface area contributed by atoms with Crippen LogP contribution >= 0.6 is 23.2 Å². The first-order valence-electron chi connectivity index (χ1n) is 7.75. The van der Waals surface area contributed by atoms with Gasteiger partial charge < -0.3 is 15.5 Å². The fourth-order valence-electron chi connectivity index (χ4n) is 2.61. The third-order valence-corrected chi connectivity index (χ3v) is 4.79. The maximum Gasteiger partial charge on any atom is 0.318 e. The van der Waals surface area contributed by atoms with Gasteiger partial charge in [-0.15, -0.1) is 0 Å². The van der Waals surface area contributed by atoms with Gasteiger partial charge in [-0.1, -0.05) is 29.3 Å². The summed E-state index contributed by atoms with van der Waals surface area (Å²) < 4.78 is 0. The molecule has 1 aliphatic heterocycles. The number of urea groups is 1. The number of amides is 3. The molecule has 3 amide bonds. The van der Waals surface area contributed by atoms with E-state index in [1.807, 2.05) is 13.0 Å². The maximum atomic E-state index is 12.2. The number of nitrogens with zero attached hydrogens (tertiary/aromatic N) is 1. The number of rotatable bonds is 4. The summed E-state index contributed by atoms with van der Waals surface area (Å²) in [4.78, 5) is 25.5. The van der Waals surface area contributed by atoms with Crippen molar-refractivity contribution < 1.29 is 9.59 Å². The second-order valence-electron chi connectivity index (χ2n) is 6.22. The van der Waals surface area contributed by atoms with Crippen LogP contribution in [0.2, 0.25) is 10.0 Å². The largest absolute Gasteiger partial charge is 0.350 e. The molecule has 7 heteroatoms. The van der Waals surface area contributed by atoms with E-state index in [9.17, 15) is 9.59 Å². The minimum Gasteiger partial charge on any atom is -0.350 e. The van der Waals surface area contributed by atoms with Crippen molar-refractivity contribution in [2.45, 2.75) is 31.8 Å². The Balaban J connectivity index is 1.47. The molecule has 5 nitrogen and oxygen atoms in total. The third-order valence-electron chi connectivity index (χ3n) is 4.23. The summed E-state index contributed by atoms with van der Waals surface area (Å²) in [6.07, 6.45) is 1.98. The molecule has 0 aromatic heterocycles. The molecule has 1 heterocycles. The first kappa shape index (κ1) is 16.4. The zero-order valence-corrected chi connectivity index (χ0v) is 14.3. The van der Waals surface area contributed by atoms with Crippen LogP contribution < -0.4 is 10.6 Å². The highest BCUT2D eigenvalue weighted by Crippen LogP contribution is 2.29. The van der Waals surface area contributed by atoms with Crippen LogP contribution in [-0.2, 0) is 4.79 Å². The van der Waals surface area contributed by atoms with Crippen molar-refractivity contribution in [1.82, 2.24) is 15.5 Å². The highest BCUT2D eigenvalue weighted by Gasteiger charge is 2.36. The highest BCUT2D eigenvalue weighted by molar-refractivity contribution is 6.35. The van der Waals surface area contributed by atoms with Crippen molar-refractivity contribution >= 4 is 35.1 Å². The van der Waals surface area contributed by atoms with Gasteiger partial charge in [0.15, 0.2) is 0 Å². The van der Waals surface area contributed by atoms with Gasteiger partial charge in [0.2, 0.25) is 5.91 Å². The molecule has 0 radical (unpaired) electrons. The second-order valence-corrected chi connectivity index (χ2v) is 7.07. The van der Waals surface area contributed by atoms with Crippen molar-refractivity contribution in [1.29, 1.82) is 0 Å². The Labute approximate surface area is 145 Å². The number of hydrogen-bond donors (Lipinski definition) is 2. The molecule has 0 spiro atoms. The molecule has 1 aromatic rings. The van der Waals surface area contributed by atoms with Crippen LogP contribution in [0, 0.1) is 5.92 Å². The SMILES string of the molecule is C[C@H](NC(=O)N1CC(NC(=O)C2CC2)C1)c1ccc(Cl)cc1Cl. The lowest BCUT2D eigenvalue weighted by Crippen LogP contribution is -2.63. The molecule has 0 bridgehead atoms. The number of halogens is 2. The Morgan fingerprint density at radius 1 is 1.26 bits per heavy atom. The monoisotopic (exact) mass is 355 g/mol. The molecule has 124 valence electrons. The lowest BCUT2D eigenvalue weighted by molar-refractivity contribution is -0.123. The fraction of sp³-hybridized carbons (Fsp3) is 0.500. The molecule has 1 aromatic carbocycles. The van der Waals surface area contributed by atoms with Crippen molar-refractivity contribution in [3.05, 3.63) is 33.8 Å². The van der Waals surface area contributed by atoms with Gasteiger partial charge in [0.25, 0.3) is 0 Å². The van der Waals surface area contributed by atoms with Gasteiger partial charge in [0.1, 0.15) is 0 Å². The van der Waals surface area contributed by atoms with E-state index in [0.29, 0.717) is 23.1 Å². The number of carbonyl (C=O) groups excluding carboxylic acids is 2. The van der Waals surface area contributed by atoms with Crippen LogP contribution in [0.3, 0.4) is 0 Å². The molecule has 1 saturated heterocycles. The lowest BCUT2D eigenvalue weighted by Gasteiger charge is -2.40. The van der Waals surface area contributed by atoms with E-state index >= 15 is 0 Å². The summed E-state index contributed by atoms with van der Waals surface area (Å²) >= 11 is 12.0. The summed E-state index contributed by atoms with van der Waals surface area (Å²) in [5.74, 6) is 0.321. The van der Waals surface area contributed by atoms with Crippen LogP contribution in [0.1, 0.15) is 31.4 Å². The third kappa shape index (κ3) is 3.90. The summed E-state index contributed by atoms with van der Waals surface area (Å²) in [6, 6.07) is 4.92. The van der Waals surface area contributed by atoms with Gasteiger partial charge >= 0.3 is 6.03 Å². The predicted octanol–water partition coefficient (Wildman–Crippen LogP) is 2.97. The first-order chi connectivity index (χ1) is 10.9. The van der Waals surface area contributed by atoms with Crippen LogP contribution in [0.25, 0.3) is 0 Å². The molecule has 2 N–H and O–H groups in total. The molecule has 2 fully saturated rings. The molecule has 0 unspecified atom stereocenters. The van der Waals surface area contributed by atoms with Crippen LogP contribution in [0.15, 0.2) is 18.2 Å². The van der Waals surface area contributed by atoms with Crippen LogP contribution in [-0.4, -0.2) is 36.0 Å². The number of nitrogens with one attached hydrogen (secondary N) is 2. The number of hydrogen-bond acceptors (Lipinski definition) is 2. The minimum absolute atomic E-state index is 0.0725. The van der Waals surface area contributed by atoms with Crippen LogP contribution in [0.5, 0.6) is 0 Å². The standard InChI is InChI=1S/C16H19Cl2N3O2/c1-9(13-5-4-11(17)6-14(13)18)19-16(23)21-7-12(8-21)20-15(22)10-2-3-10/h4-6,9-10,12H,2-3,7-8H2,1H3,(H,19,23)(H,20,22)/t9-/m0/s1. The number of carbonyl (C=O) groups is 2. The minimum atomic E-state index is -0.215. The second kappa shape index (κ2) is 6.57. The highest BCUT2D eigenvalue weighted by atomic mass is 35.5. The topological polar surface area (TPSA) is 61.4 Å². The molecule has 3 rings (SSSR count). The van der Waals surface area contributed by atoms with E-state index in [-0.39, 0.29) is 29.9 Å². The molecule has 1 aliphatic carbocycles. The van der Waals surface area contributed by atoms with Gasteiger partial charge in [-0.3, -0.25) is 4.79 Å². The lowest BCUT2D eigenvalue weighted by atomic mass is 10.1. The first-order valence-corrected chi connectivity index (χ1v) is 8.50. The van der Waals surface area contributed by atoms with Gasteiger partial charge in [0.05, 0.1) is 12.1 Å². The molecule has 23 heavy (non-hydrogen) atoms. The average Bonchev–Trinajstić information content (AvgIpc) is 3.26. The van der Waals surface area contributed by atoms with E-state index in [1.54, 1.807) is 17.0 Å². The molecular formula is C16H19Cl2N3O2. The normalized spacial score (nSPS) is 19.0. The number of benzene rings is 1. The smallest absolute Gasteiger partial charge is 0.318 e. The van der Waals surface area contributed by atoms with Gasteiger partial charge in [-0.25, -0.2) is 4.79 Å². The zero-order valence-electron chi connectivity index (χ0n) is 12.8. The van der Waals surface area contributed by atoms with Crippen molar-refractivity contribution in [3.8, 4) is 0 Å². The Hall–Kier alpha value is -1.46. The summed E-state index contributed by atoms with van der Waals surface area (Å²) in [5, 5.41) is 6.98. The van der Waals surface area contributed by atoms with Gasteiger partial charge in [-0.05, 0) is 37.5 Å². The Bertz CT molecular complexity index is 628. The Kier molecular flexibility index (Phi) is 4.69. The van der Waals surface area contributed by atoms with Crippen molar-refractivity contribution in [2.24, 2.45) is 5.92 Å². The Morgan fingerprint density at radius 2 is 1.96 bits per heavy atom. The zero-order chi connectivity index (χ0) is 16.6. The van der Waals surface area contributed by atoms with E-state index in [0.717, 1.165) is 18.4 Å². The van der Waals surface area contributed by atoms with Crippen molar-refractivity contribution in [2.75, 3.05) is 13.1 Å². The van der Waals surface area contributed by atoms with Gasteiger partial charge in [0, 0.05) is 29.1 Å². The van der Waals surface area contributed by atoms with E-state index in [4.69, 9.17) is 23.2 Å². The maximum absolute atomic E-state index is 12.2. The van der Waals surface area contributed by atoms with Crippen molar-refractivity contribution in [3.63, 3.8) is 0 Å². The molecule has 2 aliphatic rings. The molecule has 1 saturated carbocycles. The average molecular weight is 356 g/mol.